The Hall–Kier alpha value is -1.60. The molecule has 0 saturated carbocycles. The van der Waals surface area contributed by atoms with E-state index in [1.165, 1.54) is 0 Å². The summed E-state index contributed by atoms with van der Waals surface area (Å²) in [6, 6.07) is 4.08. The van der Waals surface area contributed by atoms with E-state index in [4.69, 9.17) is 9.47 Å². The first-order chi connectivity index (χ1) is 10.2. The smallest absolute Gasteiger partial charge is 0.175 e. The van der Waals surface area contributed by atoms with Gasteiger partial charge in [-0.3, -0.25) is 0 Å². The lowest BCUT2D eigenvalue weighted by Crippen LogP contribution is -2.19. The first kappa shape index (κ1) is 14.3. The molecule has 112 valence electrons. The molecule has 1 aliphatic heterocycles. The molecular formula is C14H17BrN4O2. The molecule has 1 aromatic carbocycles. The molecule has 0 aliphatic carbocycles. The summed E-state index contributed by atoms with van der Waals surface area (Å²) in [6.07, 6.45) is 2.56. The third-order valence-corrected chi connectivity index (χ3v) is 3.91. The van der Waals surface area contributed by atoms with Crippen molar-refractivity contribution in [2.75, 3.05) is 19.8 Å². The lowest BCUT2D eigenvalue weighted by atomic mass is 10.2. The van der Waals surface area contributed by atoms with Crippen molar-refractivity contribution < 1.29 is 9.47 Å². The van der Waals surface area contributed by atoms with E-state index in [0.717, 1.165) is 46.9 Å². The Balaban J connectivity index is 1.56. The SMILES string of the molecule is Cn1cnnc1CCNCc1cc(Br)c2c(c1)OCCO2. The maximum absolute atomic E-state index is 5.62. The van der Waals surface area contributed by atoms with Crippen molar-refractivity contribution in [3.8, 4) is 11.5 Å². The largest absolute Gasteiger partial charge is 0.486 e. The van der Waals surface area contributed by atoms with Gasteiger partial charge in [-0.1, -0.05) is 0 Å². The van der Waals surface area contributed by atoms with Crippen LogP contribution in [0.1, 0.15) is 11.4 Å². The predicted octanol–water partition coefficient (Wildman–Crippen LogP) is 1.68. The van der Waals surface area contributed by atoms with E-state index in [-0.39, 0.29) is 0 Å². The van der Waals surface area contributed by atoms with Gasteiger partial charge in [0.05, 0.1) is 4.47 Å². The molecule has 0 radical (unpaired) electrons. The van der Waals surface area contributed by atoms with Gasteiger partial charge in [0.15, 0.2) is 11.5 Å². The van der Waals surface area contributed by atoms with Gasteiger partial charge >= 0.3 is 0 Å². The molecular weight excluding hydrogens is 336 g/mol. The first-order valence-electron chi connectivity index (χ1n) is 6.85. The molecule has 1 aromatic heterocycles. The first-order valence-corrected chi connectivity index (χ1v) is 7.65. The van der Waals surface area contributed by atoms with E-state index in [0.29, 0.717) is 13.2 Å². The lowest BCUT2D eigenvalue weighted by molar-refractivity contribution is 0.170. The zero-order valence-electron chi connectivity index (χ0n) is 11.8. The second-order valence-corrected chi connectivity index (χ2v) is 5.74. The Kier molecular flexibility index (Phi) is 4.40. The van der Waals surface area contributed by atoms with Gasteiger partial charge in [-0.25, -0.2) is 0 Å². The normalized spacial score (nSPS) is 13.4. The molecule has 0 atom stereocenters. The molecule has 0 amide bonds. The maximum atomic E-state index is 5.62. The van der Waals surface area contributed by atoms with Crippen LogP contribution in [0.5, 0.6) is 11.5 Å². The van der Waals surface area contributed by atoms with Crippen molar-refractivity contribution in [3.05, 3.63) is 34.3 Å². The molecule has 21 heavy (non-hydrogen) atoms. The quantitative estimate of drug-likeness (QED) is 0.829. The molecule has 0 spiro atoms. The van der Waals surface area contributed by atoms with Gasteiger partial charge < -0.3 is 19.4 Å². The number of nitrogens with one attached hydrogen (secondary N) is 1. The molecule has 0 unspecified atom stereocenters. The fourth-order valence-electron chi connectivity index (χ4n) is 2.23. The molecule has 1 N–H and O–H groups in total. The van der Waals surface area contributed by atoms with Gasteiger partial charge in [0, 0.05) is 26.6 Å². The van der Waals surface area contributed by atoms with Crippen LogP contribution in [0.15, 0.2) is 22.9 Å². The van der Waals surface area contributed by atoms with Gasteiger partial charge in [0.2, 0.25) is 0 Å². The van der Waals surface area contributed by atoms with E-state index >= 15 is 0 Å². The molecule has 6 nitrogen and oxygen atoms in total. The second kappa shape index (κ2) is 6.44. The monoisotopic (exact) mass is 352 g/mol. The summed E-state index contributed by atoms with van der Waals surface area (Å²) in [7, 11) is 1.95. The van der Waals surface area contributed by atoms with Crippen LogP contribution in [0.4, 0.5) is 0 Å². The molecule has 0 bridgehead atoms. The molecule has 1 aliphatic rings. The highest BCUT2D eigenvalue weighted by molar-refractivity contribution is 9.10. The van der Waals surface area contributed by atoms with E-state index in [1.54, 1.807) is 6.33 Å². The zero-order chi connectivity index (χ0) is 14.7. The molecule has 2 aromatic rings. The van der Waals surface area contributed by atoms with Gasteiger partial charge in [-0.05, 0) is 33.6 Å². The number of ether oxygens (including phenoxy) is 2. The summed E-state index contributed by atoms with van der Waals surface area (Å²) in [5, 5.41) is 11.3. The average molecular weight is 353 g/mol. The minimum absolute atomic E-state index is 0.598. The topological polar surface area (TPSA) is 61.2 Å². The minimum atomic E-state index is 0.598. The summed E-state index contributed by atoms with van der Waals surface area (Å²) in [5.74, 6) is 2.58. The summed E-state index contributed by atoms with van der Waals surface area (Å²) < 4.78 is 14.1. The number of rotatable bonds is 5. The number of halogens is 1. The highest BCUT2D eigenvalue weighted by Crippen LogP contribution is 2.38. The second-order valence-electron chi connectivity index (χ2n) is 4.89. The van der Waals surface area contributed by atoms with Crippen LogP contribution in [-0.4, -0.2) is 34.5 Å². The van der Waals surface area contributed by atoms with Gasteiger partial charge in [0.1, 0.15) is 25.4 Å². The van der Waals surface area contributed by atoms with Crippen LogP contribution in [0, 0.1) is 0 Å². The third kappa shape index (κ3) is 3.36. The fourth-order valence-corrected chi connectivity index (χ4v) is 2.84. The van der Waals surface area contributed by atoms with Crippen LogP contribution in [-0.2, 0) is 20.0 Å². The number of nitrogens with zero attached hydrogens (tertiary/aromatic N) is 3. The summed E-state index contributed by atoms with van der Waals surface area (Å²) in [6.45, 7) is 2.81. The van der Waals surface area contributed by atoms with Crippen molar-refractivity contribution in [1.82, 2.24) is 20.1 Å². The summed E-state index contributed by atoms with van der Waals surface area (Å²) in [5.41, 5.74) is 1.16. The Morgan fingerprint density at radius 3 is 3.00 bits per heavy atom. The number of hydrogen-bond acceptors (Lipinski definition) is 5. The number of fused-ring (bicyclic) bond motifs is 1. The molecule has 7 heteroatoms. The van der Waals surface area contributed by atoms with E-state index in [1.807, 2.05) is 17.7 Å². The van der Waals surface area contributed by atoms with Gasteiger partial charge in [-0.15, -0.1) is 10.2 Å². The van der Waals surface area contributed by atoms with Gasteiger partial charge in [0.25, 0.3) is 0 Å². The molecule has 0 saturated heterocycles. The third-order valence-electron chi connectivity index (χ3n) is 3.32. The van der Waals surface area contributed by atoms with E-state index in [2.05, 4.69) is 37.5 Å². The van der Waals surface area contributed by atoms with Gasteiger partial charge in [-0.2, -0.15) is 0 Å². The predicted molar refractivity (Wildman–Crippen MR) is 81.5 cm³/mol. The zero-order valence-corrected chi connectivity index (χ0v) is 13.4. The van der Waals surface area contributed by atoms with E-state index in [9.17, 15) is 0 Å². The van der Waals surface area contributed by atoms with Crippen LogP contribution in [0.3, 0.4) is 0 Å². The summed E-state index contributed by atoms with van der Waals surface area (Å²) in [4.78, 5) is 0. The Labute approximate surface area is 131 Å². The number of benzene rings is 1. The number of aryl methyl sites for hydroxylation is 1. The standard InChI is InChI=1S/C14H17BrN4O2/c1-19-9-17-18-13(19)2-3-16-8-10-6-11(15)14-12(7-10)20-4-5-21-14/h6-7,9,16H,2-5,8H2,1H3. The van der Waals surface area contributed by atoms with Crippen LogP contribution in [0.2, 0.25) is 0 Å². The molecule has 2 heterocycles. The van der Waals surface area contributed by atoms with E-state index < -0.39 is 0 Å². The number of hydrogen-bond donors (Lipinski definition) is 1. The minimum Gasteiger partial charge on any atom is -0.486 e. The van der Waals surface area contributed by atoms with Crippen LogP contribution in [0.25, 0.3) is 0 Å². The Bertz CT molecular complexity index is 629. The molecule has 3 rings (SSSR count). The van der Waals surface area contributed by atoms with Crippen LogP contribution < -0.4 is 14.8 Å². The highest BCUT2D eigenvalue weighted by atomic mass is 79.9. The van der Waals surface area contributed by atoms with Crippen molar-refractivity contribution in [3.63, 3.8) is 0 Å². The van der Waals surface area contributed by atoms with Crippen molar-refractivity contribution in [2.45, 2.75) is 13.0 Å². The van der Waals surface area contributed by atoms with Crippen LogP contribution >= 0.6 is 15.9 Å². The molecule has 0 fully saturated rings. The maximum Gasteiger partial charge on any atom is 0.175 e. The average Bonchev–Trinajstić information content (AvgIpc) is 2.89. The Morgan fingerprint density at radius 2 is 2.19 bits per heavy atom. The highest BCUT2D eigenvalue weighted by Gasteiger charge is 2.16. The van der Waals surface area contributed by atoms with Crippen molar-refractivity contribution in [2.24, 2.45) is 7.05 Å². The lowest BCUT2D eigenvalue weighted by Gasteiger charge is -2.20. The fraction of sp³-hybridized carbons (Fsp3) is 0.429. The summed E-state index contributed by atoms with van der Waals surface area (Å²) >= 11 is 3.53. The van der Waals surface area contributed by atoms with Crippen molar-refractivity contribution >= 4 is 15.9 Å². The number of aromatic nitrogens is 3. The van der Waals surface area contributed by atoms with Crippen molar-refractivity contribution in [1.29, 1.82) is 0 Å². The Morgan fingerprint density at radius 1 is 1.33 bits per heavy atom.